The minimum atomic E-state index is -0.795. The second-order valence-corrected chi connectivity index (χ2v) is 5.32. The van der Waals surface area contributed by atoms with E-state index in [0.29, 0.717) is 13.2 Å². The molecule has 1 fully saturated rings. The van der Waals surface area contributed by atoms with Crippen LogP contribution in [0.2, 0.25) is 0 Å². The average Bonchev–Trinajstić information content (AvgIpc) is 2.54. The number of hydrogen-bond donors (Lipinski definition) is 0. The van der Waals surface area contributed by atoms with Crippen LogP contribution < -0.4 is 0 Å². The Kier molecular flexibility index (Phi) is 4.34. The smallest absolute Gasteiger partial charge is 0.254 e. The number of rotatable bonds is 2. The molecule has 1 heterocycles. The molecule has 1 saturated heterocycles. The summed E-state index contributed by atoms with van der Waals surface area (Å²) >= 11 is 0. The van der Waals surface area contributed by atoms with Crippen molar-refractivity contribution in [1.29, 1.82) is 0 Å². The first-order chi connectivity index (χ1) is 11.0. The van der Waals surface area contributed by atoms with Crippen LogP contribution in [0, 0.1) is 17.5 Å². The van der Waals surface area contributed by atoms with Gasteiger partial charge in [-0.1, -0.05) is 12.1 Å². The monoisotopic (exact) mass is 321 g/mol. The summed E-state index contributed by atoms with van der Waals surface area (Å²) in [4.78, 5) is 13.9. The van der Waals surface area contributed by atoms with Crippen molar-refractivity contribution in [2.45, 2.75) is 6.10 Å². The lowest BCUT2D eigenvalue weighted by Gasteiger charge is -2.33. The summed E-state index contributed by atoms with van der Waals surface area (Å²) in [5.74, 6) is -2.40. The minimum absolute atomic E-state index is 0.0396. The Morgan fingerprint density at radius 3 is 2.30 bits per heavy atom. The molecule has 120 valence electrons. The third-order valence-electron chi connectivity index (χ3n) is 3.70. The van der Waals surface area contributed by atoms with Crippen LogP contribution >= 0.6 is 0 Å². The standard InChI is InChI=1S/C17H14F3NO2/c18-13-3-1-11(2-4-13)16-10-21(5-6-23-16)17(22)12-7-14(19)9-15(20)8-12/h1-4,7-9,16H,5-6,10H2. The second kappa shape index (κ2) is 6.42. The van der Waals surface area contributed by atoms with E-state index in [0.717, 1.165) is 23.8 Å². The highest BCUT2D eigenvalue weighted by molar-refractivity contribution is 5.94. The maximum absolute atomic E-state index is 13.3. The first-order valence-corrected chi connectivity index (χ1v) is 7.15. The summed E-state index contributed by atoms with van der Waals surface area (Å²) in [5, 5.41) is 0. The van der Waals surface area contributed by atoms with Crippen molar-refractivity contribution in [3.63, 3.8) is 0 Å². The molecule has 1 unspecified atom stereocenters. The van der Waals surface area contributed by atoms with Crippen molar-refractivity contribution < 1.29 is 22.7 Å². The predicted octanol–water partition coefficient (Wildman–Crippen LogP) is 3.32. The van der Waals surface area contributed by atoms with Gasteiger partial charge in [0.2, 0.25) is 0 Å². The van der Waals surface area contributed by atoms with Crippen molar-refractivity contribution in [3.05, 3.63) is 71.0 Å². The Morgan fingerprint density at radius 1 is 1.00 bits per heavy atom. The molecule has 0 N–H and O–H groups in total. The number of ether oxygens (including phenoxy) is 1. The van der Waals surface area contributed by atoms with Gasteiger partial charge in [-0.15, -0.1) is 0 Å². The lowest BCUT2D eigenvalue weighted by atomic mass is 10.1. The summed E-state index contributed by atoms with van der Waals surface area (Å²) in [6.07, 6.45) is -0.397. The van der Waals surface area contributed by atoms with Gasteiger partial charge in [-0.25, -0.2) is 13.2 Å². The van der Waals surface area contributed by atoms with E-state index in [-0.39, 0.29) is 17.9 Å². The molecule has 2 aromatic carbocycles. The molecule has 0 aromatic heterocycles. The number of carbonyl (C=O) groups excluding carboxylic acids is 1. The van der Waals surface area contributed by atoms with Crippen LogP contribution in [0.25, 0.3) is 0 Å². The number of nitrogens with zero attached hydrogens (tertiary/aromatic N) is 1. The van der Waals surface area contributed by atoms with Gasteiger partial charge in [0, 0.05) is 18.2 Å². The van der Waals surface area contributed by atoms with E-state index in [2.05, 4.69) is 0 Å². The number of amides is 1. The maximum atomic E-state index is 13.3. The largest absolute Gasteiger partial charge is 0.370 e. The molecular weight excluding hydrogens is 307 g/mol. The van der Waals surface area contributed by atoms with E-state index in [1.54, 1.807) is 12.1 Å². The van der Waals surface area contributed by atoms with Gasteiger partial charge in [0.1, 0.15) is 23.6 Å². The molecule has 0 saturated carbocycles. The van der Waals surface area contributed by atoms with Gasteiger partial charge in [0.05, 0.1) is 13.2 Å². The van der Waals surface area contributed by atoms with E-state index in [1.807, 2.05) is 0 Å². The number of halogens is 3. The first kappa shape index (κ1) is 15.6. The van der Waals surface area contributed by atoms with Gasteiger partial charge in [0.25, 0.3) is 5.91 Å². The zero-order valence-corrected chi connectivity index (χ0v) is 12.1. The van der Waals surface area contributed by atoms with Crippen molar-refractivity contribution in [3.8, 4) is 0 Å². The second-order valence-electron chi connectivity index (χ2n) is 5.32. The maximum Gasteiger partial charge on any atom is 0.254 e. The number of benzene rings is 2. The summed E-state index contributed by atoms with van der Waals surface area (Å²) in [6.45, 7) is 0.864. The number of morpholine rings is 1. The Labute approximate surface area is 131 Å². The van der Waals surface area contributed by atoms with Crippen molar-refractivity contribution in [2.75, 3.05) is 19.7 Å². The van der Waals surface area contributed by atoms with Crippen LogP contribution in [0.3, 0.4) is 0 Å². The summed E-state index contributed by atoms with van der Waals surface area (Å²) < 4.78 is 45.1. The van der Waals surface area contributed by atoms with Crippen molar-refractivity contribution in [1.82, 2.24) is 4.90 Å². The Morgan fingerprint density at radius 2 is 1.65 bits per heavy atom. The van der Waals surface area contributed by atoms with E-state index in [4.69, 9.17) is 4.74 Å². The summed E-state index contributed by atoms with van der Waals surface area (Å²) in [5.41, 5.74) is 0.705. The van der Waals surface area contributed by atoms with Gasteiger partial charge in [0.15, 0.2) is 0 Å². The third kappa shape index (κ3) is 3.53. The van der Waals surface area contributed by atoms with Crippen molar-refractivity contribution >= 4 is 5.91 Å². The van der Waals surface area contributed by atoms with E-state index < -0.39 is 23.6 Å². The molecule has 3 rings (SSSR count). The van der Waals surface area contributed by atoms with E-state index in [1.165, 1.54) is 17.0 Å². The van der Waals surface area contributed by atoms with E-state index >= 15 is 0 Å². The molecule has 2 aromatic rings. The van der Waals surface area contributed by atoms with Crippen LogP contribution in [0.5, 0.6) is 0 Å². The average molecular weight is 321 g/mol. The molecule has 23 heavy (non-hydrogen) atoms. The lowest BCUT2D eigenvalue weighted by Crippen LogP contribution is -2.42. The fourth-order valence-corrected chi connectivity index (χ4v) is 2.57. The highest BCUT2D eigenvalue weighted by Crippen LogP contribution is 2.24. The molecule has 1 aliphatic rings. The van der Waals surface area contributed by atoms with Crippen molar-refractivity contribution in [2.24, 2.45) is 0 Å². The topological polar surface area (TPSA) is 29.5 Å². The summed E-state index contributed by atoms with van der Waals surface area (Å²) in [7, 11) is 0. The third-order valence-corrected chi connectivity index (χ3v) is 3.70. The molecule has 1 amide bonds. The Hall–Kier alpha value is -2.34. The molecule has 1 atom stereocenters. The lowest BCUT2D eigenvalue weighted by molar-refractivity contribution is -0.0228. The van der Waals surface area contributed by atoms with Crippen LogP contribution in [0.1, 0.15) is 22.0 Å². The Bertz CT molecular complexity index is 698. The molecule has 3 nitrogen and oxygen atoms in total. The van der Waals surface area contributed by atoms with Gasteiger partial charge in [-0.2, -0.15) is 0 Å². The zero-order chi connectivity index (χ0) is 16.4. The van der Waals surface area contributed by atoms with Gasteiger partial charge < -0.3 is 9.64 Å². The molecule has 0 bridgehead atoms. The van der Waals surface area contributed by atoms with Gasteiger partial charge >= 0.3 is 0 Å². The highest BCUT2D eigenvalue weighted by atomic mass is 19.1. The number of hydrogen-bond acceptors (Lipinski definition) is 2. The highest BCUT2D eigenvalue weighted by Gasteiger charge is 2.26. The molecular formula is C17H14F3NO2. The zero-order valence-electron chi connectivity index (χ0n) is 12.1. The van der Waals surface area contributed by atoms with Crippen LogP contribution in [0.4, 0.5) is 13.2 Å². The van der Waals surface area contributed by atoms with E-state index in [9.17, 15) is 18.0 Å². The predicted molar refractivity (Wildman–Crippen MR) is 77.4 cm³/mol. The fraction of sp³-hybridized carbons (Fsp3) is 0.235. The molecule has 0 radical (unpaired) electrons. The van der Waals surface area contributed by atoms with Gasteiger partial charge in [-0.05, 0) is 29.8 Å². The fourth-order valence-electron chi connectivity index (χ4n) is 2.57. The first-order valence-electron chi connectivity index (χ1n) is 7.15. The quantitative estimate of drug-likeness (QED) is 0.849. The van der Waals surface area contributed by atoms with Crippen LogP contribution in [-0.4, -0.2) is 30.5 Å². The molecule has 0 aliphatic carbocycles. The SMILES string of the molecule is O=C(c1cc(F)cc(F)c1)N1CCOC(c2ccc(F)cc2)C1. The molecule has 1 aliphatic heterocycles. The Balaban J connectivity index is 1.77. The van der Waals surface area contributed by atoms with Gasteiger partial charge in [-0.3, -0.25) is 4.79 Å². The summed E-state index contributed by atoms with van der Waals surface area (Å²) in [6, 6.07) is 8.56. The minimum Gasteiger partial charge on any atom is -0.370 e. The molecule has 6 heteroatoms. The van der Waals surface area contributed by atoms with Crippen LogP contribution in [-0.2, 0) is 4.74 Å². The molecule has 0 spiro atoms. The normalized spacial score (nSPS) is 18.0. The van der Waals surface area contributed by atoms with Crippen LogP contribution in [0.15, 0.2) is 42.5 Å². The number of carbonyl (C=O) groups is 1.